The predicted octanol–water partition coefficient (Wildman–Crippen LogP) is 2.93. The van der Waals surface area contributed by atoms with Gasteiger partial charge < -0.3 is 5.32 Å². The fraction of sp³-hybridized carbons (Fsp3) is 0.583. The van der Waals surface area contributed by atoms with Crippen molar-refractivity contribution < 1.29 is 0 Å². The molecule has 2 heteroatoms. The second kappa shape index (κ2) is 3.99. The van der Waals surface area contributed by atoms with E-state index in [1.165, 1.54) is 12.8 Å². The summed E-state index contributed by atoms with van der Waals surface area (Å²) in [5.41, 5.74) is 0. The summed E-state index contributed by atoms with van der Waals surface area (Å²) in [4.78, 5) is 4.26. The molecule has 0 amide bonds. The van der Waals surface area contributed by atoms with Crippen molar-refractivity contribution in [3.63, 3.8) is 0 Å². The number of hydrogen-bond donors (Lipinski definition) is 1. The maximum absolute atomic E-state index is 4.26. The number of rotatable bonds is 3. The number of aromatic nitrogens is 1. The Kier molecular flexibility index (Phi) is 2.71. The molecule has 76 valence electrons. The Morgan fingerprint density at radius 2 is 2.14 bits per heavy atom. The Labute approximate surface area is 85.7 Å². The number of nitrogens with zero attached hydrogens (tertiary/aromatic N) is 1. The van der Waals surface area contributed by atoms with E-state index in [1.54, 1.807) is 0 Å². The van der Waals surface area contributed by atoms with E-state index in [4.69, 9.17) is 0 Å². The highest BCUT2D eigenvalue weighted by Crippen LogP contribution is 2.35. The van der Waals surface area contributed by atoms with Crippen LogP contribution in [-0.2, 0) is 0 Å². The van der Waals surface area contributed by atoms with Crippen LogP contribution in [0.1, 0.15) is 26.7 Å². The van der Waals surface area contributed by atoms with Crippen molar-refractivity contribution in [2.45, 2.75) is 32.7 Å². The van der Waals surface area contributed by atoms with E-state index < -0.39 is 0 Å². The fourth-order valence-electron chi connectivity index (χ4n) is 1.98. The maximum Gasteiger partial charge on any atom is 0.126 e. The molecule has 0 radical (unpaired) electrons. The highest BCUT2D eigenvalue weighted by Gasteiger charge is 2.30. The van der Waals surface area contributed by atoms with Crippen LogP contribution < -0.4 is 5.32 Å². The van der Waals surface area contributed by atoms with Gasteiger partial charge in [0.1, 0.15) is 5.82 Å². The van der Waals surface area contributed by atoms with Gasteiger partial charge in [-0.2, -0.15) is 0 Å². The van der Waals surface area contributed by atoms with E-state index in [9.17, 15) is 0 Å². The molecule has 2 nitrogen and oxygen atoms in total. The Balaban J connectivity index is 1.80. The molecule has 1 aliphatic carbocycles. The third-order valence-electron chi connectivity index (χ3n) is 3.13. The van der Waals surface area contributed by atoms with Crippen LogP contribution in [0.4, 0.5) is 5.82 Å². The first-order valence-electron chi connectivity index (χ1n) is 5.43. The van der Waals surface area contributed by atoms with Gasteiger partial charge in [0.15, 0.2) is 0 Å². The average molecular weight is 190 g/mol. The monoisotopic (exact) mass is 190 g/mol. The van der Waals surface area contributed by atoms with Crippen LogP contribution in [0.3, 0.4) is 0 Å². The number of anilines is 1. The van der Waals surface area contributed by atoms with Crippen molar-refractivity contribution in [1.29, 1.82) is 0 Å². The summed E-state index contributed by atoms with van der Waals surface area (Å²) >= 11 is 0. The van der Waals surface area contributed by atoms with Gasteiger partial charge in [-0.15, -0.1) is 0 Å². The number of pyridine rings is 1. The molecule has 0 unspecified atom stereocenters. The topological polar surface area (TPSA) is 24.9 Å². The van der Waals surface area contributed by atoms with Crippen LogP contribution in [0, 0.1) is 11.8 Å². The van der Waals surface area contributed by atoms with Crippen LogP contribution in [0.2, 0.25) is 0 Å². The van der Waals surface area contributed by atoms with Gasteiger partial charge in [0.25, 0.3) is 0 Å². The zero-order valence-electron chi connectivity index (χ0n) is 8.90. The van der Waals surface area contributed by atoms with Gasteiger partial charge in [-0.25, -0.2) is 4.98 Å². The summed E-state index contributed by atoms with van der Waals surface area (Å²) < 4.78 is 0. The molecular weight excluding hydrogens is 172 g/mol. The van der Waals surface area contributed by atoms with Crippen molar-refractivity contribution in [2.24, 2.45) is 11.8 Å². The molecule has 1 saturated carbocycles. The minimum atomic E-state index is 0.650. The summed E-state index contributed by atoms with van der Waals surface area (Å²) in [5, 5.41) is 3.45. The molecule has 1 aliphatic rings. The largest absolute Gasteiger partial charge is 0.367 e. The molecule has 2 rings (SSSR count). The molecule has 0 bridgehead atoms. The minimum Gasteiger partial charge on any atom is -0.367 e. The standard InChI is InChI=1S/C12H18N2/c1-9(2)10-7-11(8-10)14-12-5-3-4-6-13-12/h3-6,9-11H,7-8H2,1-2H3,(H,13,14). The molecule has 1 N–H and O–H groups in total. The fourth-order valence-corrected chi connectivity index (χ4v) is 1.98. The van der Waals surface area contributed by atoms with Gasteiger partial charge in [-0.1, -0.05) is 19.9 Å². The van der Waals surface area contributed by atoms with Gasteiger partial charge in [0.2, 0.25) is 0 Å². The predicted molar refractivity (Wildman–Crippen MR) is 59.2 cm³/mol. The van der Waals surface area contributed by atoms with E-state index >= 15 is 0 Å². The molecule has 1 heterocycles. The third-order valence-corrected chi connectivity index (χ3v) is 3.13. The smallest absolute Gasteiger partial charge is 0.126 e. The lowest BCUT2D eigenvalue weighted by Crippen LogP contribution is -2.38. The number of nitrogens with one attached hydrogen (secondary N) is 1. The SMILES string of the molecule is CC(C)C1CC(Nc2ccccn2)C1. The van der Waals surface area contributed by atoms with Crippen molar-refractivity contribution in [3.8, 4) is 0 Å². The molecule has 1 fully saturated rings. The molecule has 0 atom stereocenters. The lowest BCUT2D eigenvalue weighted by Gasteiger charge is -2.38. The summed E-state index contributed by atoms with van der Waals surface area (Å²) in [6.45, 7) is 4.61. The van der Waals surface area contributed by atoms with Crippen LogP contribution in [-0.4, -0.2) is 11.0 Å². The molecule has 0 aliphatic heterocycles. The van der Waals surface area contributed by atoms with Gasteiger partial charge >= 0.3 is 0 Å². The highest BCUT2D eigenvalue weighted by atomic mass is 15.0. The zero-order valence-corrected chi connectivity index (χ0v) is 8.90. The molecule has 1 aromatic heterocycles. The van der Waals surface area contributed by atoms with E-state index in [0.29, 0.717) is 6.04 Å². The molecule has 0 saturated heterocycles. The van der Waals surface area contributed by atoms with Crippen LogP contribution in [0.25, 0.3) is 0 Å². The Morgan fingerprint density at radius 3 is 2.71 bits per heavy atom. The summed E-state index contributed by atoms with van der Waals surface area (Å²) in [6.07, 6.45) is 4.43. The van der Waals surface area contributed by atoms with Crippen LogP contribution in [0.5, 0.6) is 0 Å². The minimum absolute atomic E-state index is 0.650. The first kappa shape index (κ1) is 9.50. The Bertz CT molecular complexity index is 276. The van der Waals surface area contributed by atoms with E-state index in [2.05, 4.69) is 24.1 Å². The Morgan fingerprint density at radius 1 is 1.36 bits per heavy atom. The van der Waals surface area contributed by atoms with Crippen molar-refractivity contribution in [2.75, 3.05) is 5.32 Å². The lowest BCUT2D eigenvalue weighted by atomic mass is 9.74. The number of hydrogen-bond acceptors (Lipinski definition) is 2. The van der Waals surface area contributed by atoms with Gasteiger partial charge in [0.05, 0.1) is 0 Å². The van der Waals surface area contributed by atoms with Crippen molar-refractivity contribution in [3.05, 3.63) is 24.4 Å². The first-order valence-corrected chi connectivity index (χ1v) is 5.43. The molecule has 0 spiro atoms. The maximum atomic E-state index is 4.26. The van der Waals surface area contributed by atoms with Gasteiger partial charge in [0, 0.05) is 12.2 Å². The summed E-state index contributed by atoms with van der Waals surface area (Å²) in [6, 6.07) is 6.65. The van der Waals surface area contributed by atoms with Crippen molar-refractivity contribution in [1.82, 2.24) is 4.98 Å². The lowest BCUT2D eigenvalue weighted by molar-refractivity contribution is 0.211. The summed E-state index contributed by atoms with van der Waals surface area (Å²) in [7, 11) is 0. The van der Waals surface area contributed by atoms with Crippen molar-refractivity contribution >= 4 is 5.82 Å². The quantitative estimate of drug-likeness (QED) is 0.792. The van der Waals surface area contributed by atoms with E-state index in [0.717, 1.165) is 17.7 Å². The van der Waals surface area contributed by atoms with Crippen LogP contribution >= 0.6 is 0 Å². The van der Waals surface area contributed by atoms with E-state index in [-0.39, 0.29) is 0 Å². The first-order chi connectivity index (χ1) is 6.75. The normalized spacial score (nSPS) is 25.9. The molecule has 14 heavy (non-hydrogen) atoms. The second-order valence-electron chi connectivity index (χ2n) is 4.53. The third kappa shape index (κ3) is 2.06. The van der Waals surface area contributed by atoms with Gasteiger partial charge in [-0.05, 0) is 36.8 Å². The average Bonchev–Trinajstić information content (AvgIpc) is 2.12. The molecular formula is C12H18N2. The molecule has 0 aromatic carbocycles. The van der Waals surface area contributed by atoms with Gasteiger partial charge in [-0.3, -0.25) is 0 Å². The van der Waals surface area contributed by atoms with E-state index in [1.807, 2.05) is 24.4 Å². The second-order valence-corrected chi connectivity index (χ2v) is 4.53. The highest BCUT2D eigenvalue weighted by molar-refractivity contribution is 5.35. The van der Waals surface area contributed by atoms with Crippen LogP contribution in [0.15, 0.2) is 24.4 Å². The summed E-state index contributed by atoms with van der Waals surface area (Å²) in [5.74, 6) is 2.76. The zero-order chi connectivity index (χ0) is 9.97. The Hall–Kier alpha value is -1.05. The molecule has 1 aromatic rings.